The van der Waals surface area contributed by atoms with Crippen LogP contribution >= 0.6 is 0 Å². The molecular formula is C28H31N3O3. The van der Waals surface area contributed by atoms with Gasteiger partial charge in [-0.05, 0) is 62.3 Å². The fourth-order valence-electron chi connectivity index (χ4n) is 6.15. The Balaban J connectivity index is 1.44. The Labute approximate surface area is 199 Å². The van der Waals surface area contributed by atoms with Crippen LogP contribution in [-0.4, -0.2) is 46.1 Å². The zero-order valence-electron chi connectivity index (χ0n) is 19.6. The molecule has 3 aromatic rings. The summed E-state index contributed by atoms with van der Waals surface area (Å²) >= 11 is 0. The molecule has 1 aliphatic carbocycles. The third kappa shape index (κ3) is 3.35. The van der Waals surface area contributed by atoms with E-state index in [1.807, 2.05) is 52.8 Å². The molecule has 34 heavy (non-hydrogen) atoms. The highest BCUT2D eigenvalue weighted by Gasteiger charge is 2.51. The Morgan fingerprint density at radius 2 is 1.94 bits per heavy atom. The number of benzene rings is 2. The number of carbonyl (C=O) groups is 2. The van der Waals surface area contributed by atoms with E-state index in [1.54, 1.807) is 0 Å². The molecule has 1 aromatic heterocycles. The van der Waals surface area contributed by atoms with E-state index in [2.05, 4.69) is 23.5 Å². The van der Waals surface area contributed by atoms with Crippen molar-refractivity contribution in [2.24, 2.45) is 0 Å². The maximum absolute atomic E-state index is 14.2. The Morgan fingerprint density at radius 3 is 2.79 bits per heavy atom. The topological polar surface area (TPSA) is 63.6 Å². The van der Waals surface area contributed by atoms with Crippen molar-refractivity contribution >= 4 is 22.7 Å². The molecule has 2 aromatic carbocycles. The summed E-state index contributed by atoms with van der Waals surface area (Å²) < 4.78 is 7.77. The van der Waals surface area contributed by atoms with Gasteiger partial charge in [0.2, 0.25) is 5.91 Å². The largest absolute Gasteiger partial charge is 0.376 e. The molecule has 3 heterocycles. The maximum atomic E-state index is 14.2. The molecule has 1 saturated heterocycles. The minimum absolute atomic E-state index is 0.0543. The quantitative estimate of drug-likeness (QED) is 0.638. The molecule has 6 nitrogen and oxygen atoms in total. The van der Waals surface area contributed by atoms with Crippen molar-refractivity contribution < 1.29 is 14.3 Å². The van der Waals surface area contributed by atoms with E-state index in [-0.39, 0.29) is 24.0 Å². The van der Waals surface area contributed by atoms with Crippen LogP contribution < -0.4 is 5.32 Å². The van der Waals surface area contributed by atoms with E-state index in [0.29, 0.717) is 18.8 Å². The minimum Gasteiger partial charge on any atom is -0.376 e. The van der Waals surface area contributed by atoms with Gasteiger partial charge in [0.1, 0.15) is 11.2 Å². The van der Waals surface area contributed by atoms with Gasteiger partial charge >= 0.3 is 0 Å². The van der Waals surface area contributed by atoms with Gasteiger partial charge < -0.3 is 19.5 Å². The van der Waals surface area contributed by atoms with Crippen LogP contribution in [-0.2, 0) is 22.5 Å². The summed E-state index contributed by atoms with van der Waals surface area (Å²) in [6, 6.07) is 18.3. The van der Waals surface area contributed by atoms with Crippen LogP contribution in [0.15, 0.2) is 54.6 Å². The lowest BCUT2D eigenvalue weighted by molar-refractivity contribution is -0.135. The first-order valence-electron chi connectivity index (χ1n) is 12.5. The third-order valence-corrected chi connectivity index (χ3v) is 7.90. The van der Waals surface area contributed by atoms with Gasteiger partial charge in [-0.15, -0.1) is 0 Å². The number of rotatable bonds is 4. The fraction of sp³-hybridized carbons (Fsp3) is 0.429. The summed E-state index contributed by atoms with van der Waals surface area (Å²) in [5.41, 5.74) is 3.09. The second-order valence-corrected chi connectivity index (χ2v) is 10.1. The van der Waals surface area contributed by atoms with Crippen molar-refractivity contribution in [3.63, 3.8) is 0 Å². The monoisotopic (exact) mass is 457 g/mol. The third-order valence-electron chi connectivity index (χ3n) is 7.90. The van der Waals surface area contributed by atoms with Crippen LogP contribution in [0.1, 0.15) is 60.3 Å². The molecule has 6 rings (SSSR count). The average Bonchev–Trinajstić information content (AvgIpc) is 3.51. The molecule has 0 spiro atoms. The van der Waals surface area contributed by atoms with E-state index < -0.39 is 5.54 Å². The molecule has 0 radical (unpaired) electrons. The molecule has 1 fully saturated rings. The van der Waals surface area contributed by atoms with E-state index in [0.717, 1.165) is 49.6 Å². The minimum atomic E-state index is -1.01. The van der Waals surface area contributed by atoms with Gasteiger partial charge in [0.25, 0.3) is 5.91 Å². The van der Waals surface area contributed by atoms with Crippen molar-refractivity contribution in [3.05, 3.63) is 71.4 Å². The Morgan fingerprint density at radius 1 is 1.12 bits per heavy atom. The molecule has 1 N–H and O–H groups in total. The van der Waals surface area contributed by atoms with Crippen molar-refractivity contribution in [3.8, 4) is 0 Å². The highest BCUT2D eigenvalue weighted by Crippen LogP contribution is 2.43. The summed E-state index contributed by atoms with van der Waals surface area (Å²) in [4.78, 5) is 30.0. The normalized spacial score (nSPS) is 26.4. The lowest BCUT2D eigenvalue weighted by Crippen LogP contribution is -2.65. The number of aryl methyl sites for hydroxylation is 1. The van der Waals surface area contributed by atoms with E-state index in [1.165, 1.54) is 11.1 Å². The molecule has 3 atom stereocenters. The first kappa shape index (κ1) is 21.4. The van der Waals surface area contributed by atoms with Crippen LogP contribution in [0.4, 0.5) is 0 Å². The average molecular weight is 458 g/mol. The number of para-hydroxylation sites is 1. The number of nitrogens with one attached hydrogen (secondary N) is 1. The van der Waals surface area contributed by atoms with Gasteiger partial charge in [0, 0.05) is 24.1 Å². The predicted molar refractivity (Wildman–Crippen MR) is 131 cm³/mol. The van der Waals surface area contributed by atoms with Crippen LogP contribution in [0.25, 0.3) is 10.9 Å². The highest BCUT2D eigenvalue weighted by atomic mass is 16.5. The molecule has 0 saturated carbocycles. The maximum Gasteiger partial charge on any atom is 0.271 e. The molecule has 3 aliphatic rings. The summed E-state index contributed by atoms with van der Waals surface area (Å²) in [7, 11) is 0. The van der Waals surface area contributed by atoms with Gasteiger partial charge in [-0.25, -0.2) is 0 Å². The number of nitrogens with zero attached hydrogens (tertiary/aromatic N) is 2. The fourth-order valence-corrected chi connectivity index (χ4v) is 6.15. The van der Waals surface area contributed by atoms with Gasteiger partial charge in [0.15, 0.2) is 0 Å². The number of hydrogen-bond acceptors (Lipinski definition) is 3. The first-order chi connectivity index (χ1) is 16.6. The molecule has 0 unspecified atom stereocenters. The van der Waals surface area contributed by atoms with Crippen LogP contribution in [0.2, 0.25) is 0 Å². The summed E-state index contributed by atoms with van der Waals surface area (Å²) in [5, 5.41) is 4.18. The standard InChI is InChI=1S/C28H31N3O3/c1-28(27(33)29-17-21-11-7-15-34-21)18-30-23-13-5-3-9-20(23)16-25(30)26(32)31(28)24-14-6-10-19-8-2-4-12-22(19)24/h2-5,8-9,12-13,16,21,24H,6-7,10-11,14-15,17-18H2,1H3,(H,29,33)/t21-,24-,28+/m0/s1. The molecule has 2 aliphatic heterocycles. The number of hydrogen-bond donors (Lipinski definition) is 1. The molecule has 2 amide bonds. The number of ether oxygens (including phenoxy) is 1. The summed E-state index contributed by atoms with van der Waals surface area (Å²) in [6.45, 7) is 3.60. The summed E-state index contributed by atoms with van der Waals surface area (Å²) in [5.74, 6) is -0.179. The smallest absolute Gasteiger partial charge is 0.271 e. The van der Waals surface area contributed by atoms with Gasteiger partial charge in [-0.1, -0.05) is 42.5 Å². The van der Waals surface area contributed by atoms with Crippen molar-refractivity contribution in [1.82, 2.24) is 14.8 Å². The second-order valence-electron chi connectivity index (χ2n) is 10.1. The van der Waals surface area contributed by atoms with Crippen molar-refractivity contribution in [2.45, 2.75) is 63.3 Å². The number of carbonyl (C=O) groups excluding carboxylic acids is 2. The lowest BCUT2D eigenvalue weighted by Gasteiger charge is -2.49. The molecule has 176 valence electrons. The molecular weight excluding hydrogens is 426 g/mol. The van der Waals surface area contributed by atoms with Crippen LogP contribution in [0, 0.1) is 0 Å². The van der Waals surface area contributed by atoms with Crippen LogP contribution in [0.3, 0.4) is 0 Å². The zero-order chi connectivity index (χ0) is 23.3. The van der Waals surface area contributed by atoms with Gasteiger partial charge in [0.05, 0.1) is 18.7 Å². The number of aromatic nitrogens is 1. The van der Waals surface area contributed by atoms with Crippen LogP contribution in [0.5, 0.6) is 0 Å². The van der Waals surface area contributed by atoms with Gasteiger partial charge in [-0.2, -0.15) is 0 Å². The second kappa shape index (κ2) is 8.27. The highest BCUT2D eigenvalue weighted by molar-refractivity contribution is 6.04. The number of amides is 2. The lowest BCUT2D eigenvalue weighted by atomic mass is 9.82. The summed E-state index contributed by atoms with van der Waals surface area (Å²) in [6.07, 6.45) is 4.91. The SMILES string of the molecule is C[C@]1(C(=O)NC[C@@H]2CCCO2)Cn2c(cc3ccccc32)C(=O)N1[C@H]1CCCc2ccccc21. The van der Waals surface area contributed by atoms with E-state index >= 15 is 0 Å². The van der Waals surface area contributed by atoms with Gasteiger partial charge in [-0.3, -0.25) is 9.59 Å². The van der Waals surface area contributed by atoms with E-state index in [4.69, 9.17) is 4.74 Å². The first-order valence-corrected chi connectivity index (χ1v) is 12.5. The van der Waals surface area contributed by atoms with E-state index in [9.17, 15) is 9.59 Å². The van der Waals surface area contributed by atoms with Crippen molar-refractivity contribution in [2.75, 3.05) is 13.2 Å². The Kier molecular flexibility index (Phi) is 5.21. The molecule has 6 heteroatoms. The zero-order valence-corrected chi connectivity index (χ0v) is 19.6. The predicted octanol–water partition coefficient (Wildman–Crippen LogP) is 4.23. The number of fused-ring (bicyclic) bond motifs is 4. The van der Waals surface area contributed by atoms with Crippen molar-refractivity contribution in [1.29, 1.82) is 0 Å². The molecule has 0 bridgehead atoms. The Hall–Kier alpha value is -3.12. The Bertz CT molecular complexity index is 1260.